The number of ether oxygens (including phenoxy) is 1. The second-order valence-corrected chi connectivity index (χ2v) is 6.18. The first-order valence-corrected chi connectivity index (χ1v) is 7.80. The molecule has 1 amide bonds. The molecule has 0 saturated carbocycles. The number of hydrogen-bond acceptors (Lipinski definition) is 3. The Labute approximate surface area is 145 Å². The molecule has 0 bridgehead atoms. The number of nitrogens with zero attached hydrogens (tertiary/aromatic N) is 1. The number of hydrogen-bond donors (Lipinski definition) is 1. The predicted octanol–water partition coefficient (Wildman–Crippen LogP) is 4.32. The van der Waals surface area contributed by atoms with Gasteiger partial charge < -0.3 is 10.1 Å². The summed E-state index contributed by atoms with van der Waals surface area (Å²) in [5.41, 5.74) is 0.857. The van der Waals surface area contributed by atoms with E-state index in [0.717, 1.165) is 9.26 Å². The van der Waals surface area contributed by atoms with Crippen LogP contribution in [0.4, 0.5) is 5.82 Å². The molecule has 1 heterocycles. The third-order valence-corrected chi connectivity index (χ3v) is 4.21. The minimum Gasteiger partial charge on any atom is -0.482 e. The lowest BCUT2D eigenvalue weighted by Crippen LogP contribution is -2.21. The monoisotopic (exact) mass is 436 g/mol. The molecule has 0 fully saturated rings. The fraction of sp³-hybridized carbons (Fsp3) is 0.143. The van der Waals surface area contributed by atoms with E-state index >= 15 is 0 Å². The minimum atomic E-state index is -0.311. The van der Waals surface area contributed by atoms with E-state index in [1.807, 2.05) is 13.0 Å². The molecule has 110 valence electrons. The Morgan fingerprint density at radius 3 is 2.76 bits per heavy atom. The first kappa shape index (κ1) is 16.3. The molecule has 21 heavy (non-hydrogen) atoms. The number of aryl methyl sites for hydroxylation is 1. The minimum absolute atomic E-state index is 0.159. The van der Waals surface area contributed by atoms with Crippen LogP contribution < -0.4 is 10.1 Å². The van der Waals surface area contributed by atoms with Crippen molar-refractivity contribution in [2.45, 2.75) is 6.92 Å². The second kappa shape index (κ2) is 7.29. The van der Waals surface area contributed by atoms with E-state index in [2.05, 4.69) is 32.9 Å². The molecule has 0 atom stereocenters. The van der Waals surface area contributed by atoms with E-state index in [9.17, 15) is 4.79 Å². The van der Waals surface area contributed by atoms with Crippen molar-refractivity contribution in [3.05, 3.63) is 49.6 Å². The molecule has 0 aliphatic rings. The lowest BCUT2D eigenvalue weighted by Gasteiger charge is -2.09. The molecular formula is C14H11Cl2IN2O2. The highest BCUT2D eigenvalue weighted by molar-refractivity contribution is 14.1. The molecule has 1 aromatic carbocycles. The number of benzene rings is 1. The zero-order valence-electron chi connectivity index (χ0n) is 11.0. The standard InChI is InChI=1S/C14H11Cl2IN2O2/c1-8-11(17)3-5-13(18-8)19-14(20)7-21-12-4-2-9(15)6-10(12)16/h2-6H,7H2,1H3,(H,18,19,20). The Kier molecular flexibility index (Phi) is 5.66. The predicted molar refractivity (Wildman–Crippen MR) is 92.3 cm³/mol. The number of halogens is 3. The van der Waals surface area contributed by atoms with Crippen LogP contribution in [0.15, 0.2) is 30.3 Å². The number of aromatic nitrogens is 1. The van der Waals surface area contributed by atoms with Gasteiger partial charge in [-0.25, -0.2) is 4.98 Å². The van der Waals surface area contributed by atoms with Crippen molar-refractivity contribution in [2.24, 2.45) is 0 Å². The topological polar surface area (TPSA) is 51.2 Å². The molecule has 2 aromatic rings. The van der Waals surface area contributed by atoms with Crippen LogP contribution in [-0.4, -0.2) is 17.5 Å². The molecule has 1 N–H and O–H groups in total. The number of anilines is 1. The van der Waals surface area contributed by atoms with Crippen LogP contribution >= 0.6 is 45.8 Å². The van der Waals surface area contributed by atoms with Gasteiger partial charge in [0.2, 0.25) is 0 Å². The molecular weight excluding hydrogens is 426 g/mol. The average molecular weight is 437 g/mol. The lowest BCUT2D eigenvalue weighted by molar-refractivity contribution is -0.118. The Morgan fingerprint density at radius 1 is 1.33 bits per heavy atom. The quantitative estimate of drug-likeness (QED) is 0.726. The Morgan fingerprint density at radius 2 is 2.10 bits per heavy atom. The SMILES string of the molecule is Cc1nc(NC(=O)COc2ccc(Cl)cc2Cl)ccc1I. The van der Waals surface area contributed by atoms with Crippen molar-refractivity contribution >= 4 is 57.5 Å². The van der Waals surface area contributed by atoms with Crippen LogP contribution in [0, 0.1) is 10.5 Å². The maximum absolute atomic E-state index is 11.8. The molecule has 4 nitrogen and oxygen atoms in total. The van der Waals surface area contributed by atoms with Gasteiger partial charge in [-0.1, -0.05) is 23.2 Å². The fourth-order valence-electron chi connectivity index (χ4n) is 1.53. The molecule has 2 rings (SSSR count). The van der Waals surface area contributed by atoms with Crippen LogP contribution in [0.5, 0.6) is 5.75 Å². The summed E-state index contributed by atoms with van der Waals surface area (Å²) in [4.78, 5) is 16.1. The summed E-state index contributed by atoms with van der Waals surface area (Å²) in [6.45, 7) is 1.72. The number of amides is 1. The van der Waals surface area contributed by atoms with Crippen molar-refractivity contribution < 1.29 is 9.53 Å². The molecule has 0 saturated heterocycles. The highest BCUT2D eigenvalue weighted by atomic mass is 127. The normalized spacial score (nSPS) is 10.3. The van der Waals surface area contributed by atoms with E-state index in [4.69, 9.17) is 27.9 Å². The maximum atomic E-state index is 11.8. The first-order valence-electron chi connectivity index (χ1n) is 5.96. The third-order valence-electron chi connectivity index (χ3n) is 2.54. The maximum Gasteiger partial charge on any atom is 0.263 e. The van der Waals surface area contributed by atoms with Gasteiger partial charge >= 0.3 is 0 Å². The average Bonchev–Trinajstić information content (AvgIpc) is 2.42. The van der Waals surface area contributed by atoms with E-state index in [1.165, 1.54) is 0 Å². The molecule has 1 aromatic heterocycles. The molecule has 0 radical (unpaired) electrons. The van der Waals surface area contributed by atoms with E-state index in [-0.39, 0.29) is 12.5 Å². The Balaban J connectivity index is 1.94. The molecule has 0 spiro atoms. The van der Waals surface area contributed by atoms with Crippen molar-refractivity contribution in [1.82, 2.24) is 4.98 Å². The van der Waals surface area contributed by atoms with Gasteiger partial charge in [0, 0.05) is 8.59 Å². The largest absolute Gasteiger partial charge is 0.482 e. The number of carbonyl (C=O) groups excluding carboxylic acids is 1. The van der Waals surface area contributed by atoms with E-state index < -0.39 is 0 Å². The third kappa shape index (κ3) is 4.72. The number of carbonyl (C=O) groups is 1. The summed E-state index contributed by atoms with van der Waals surface area (Å²) >= 11 is 13.9. The second-order valence-electron chi connectivity index (χ2n) is 4.18. The van der Waals surface area contributed by atoms with Crippen molar-refractivity contribution in [2.75, 3.05) is 11.9 Å². The molecule has 0 aliphatic heterocycles. The number of nitrogens with one attached hydrogen (secondary N) is 1. The van der Waals surface area contributed by atoms with Crippen LogP contribution in [0.25, 0.3) is 0 Å². The first-order chi connectivity index (χ1) is 9.95. The van der Waals surface area contributed by atoms with Crippen molar-refractivity contribution in [1.29, 1.82) is 0 Å². The van der Waals surface area contributed by atoms with E-state index in [1.54, 1.807) is 24.3 Å². The smallest absolute Gasteiger partial charge is 0.263 e. The highest BCUT2D eigenvalue weighted by Gasteiger charge is 2.08. The Hall–Kier alpha value is -1.05. The van der Waals surface area contributed by atoms with Crippen LogP contribution in [0.2, 0.25) is 10.0 Å². The van der Waals surface area contributed by atoms with E-state index in [0.29, 0.717) is 21.6 Å². The summed E-state index contributed by atoms with van der Waals surface area (Å²) in [5.74, 6) is 0.584. The Bertz CT molecular complexity index is 680. The fourth-order valence-corrected chi connectivity index (χ4v) is 2.29. The molecule has 0 aliphatic carbocycles. The summed E-state index contributed by atoms with van der Waals surface area (Å²) in [6, 6.07) is 8.44. The van der Waals surface area contributed by atoms with Crippen molar-refractivity contribution in [3.8, 4) is 5.75 Å². The lowest BCUT2D eigenvalue weighted by atomic mass is 10.3. The van der Waals surface area contributed by atoms with Crippen LogP contribution in [0.3, 0.4) is 0 Å². The summed E-state index contributed by atoms with van der Waals surface area (Å²) < 4.78 is 6.38. The molecule has 7 heteroatoms. The summed E-state index contributed by atoms with van der Waals surface area (Å²) in [7, 11) is 0. The summed E-state index contributed by atoms with van der Waals surface area (Å²) in [5, 5.41) is 3.53. The van der Waals surface area contributed by atoms with Gasteiger partial charge in [-0.15, -0.1) is 0 Å². The zero-order valence-corrected chi connectivity index (χ0v) is 14.7. The van der Waals surface area contributed by atoms with Gasteiger partial charge in [0.15, 0.2) is 6.61 Å². The van der Waals surface area contributed by atoms with Gasteiger partial charge in [0.1, 0.15) is 11.6 Å². The van der Waals surface area contributed by atoms with Gasteiger partial charge in [0.05, 0.1) is 10.7 Å². The van der Waals surface area contributed by atoms with Gasteiger partial charge in [0.25, 0.3) is 5.91 Å². The van der Waals surface area contributed by atoms with Gasteiger partial charge in [-0.2, -0.15) is 0 Å². The number of pyridine rings is 1. The van der Waals surface area contributed by atoms with Gasteiger partial charge in [-0.3, -0.25) is 4.79 Å². The summed E-state index contributed by atoms with van der Waals surface area (Å²) in [6.07, 6.45) is 0. The van der Waals surface area contributed by atoms with Gasteiger partial charge in [-0.05, 0) is 59.8 Å². The highest BCUT2D eigenvalue weighted by Crippen LogP contribution is 2.27. The molecule has 0 unspecified atom stereocenters. The van der Waals surface area contributed by atoms with Crippen LogP contribution in [0.1, 0.15) is 5.69 Å². The van der Waals surface area contributed by atoms with Crippen molar-refractivity contribution in [3.63, 3.8) is 0 Å². The zero-order chi connectivity index (χ0) is 15.4. The number of rotatable bonds is 4. The van der Waals surface area contributed by atoms with Crippen LogP contribution in [-0.2, 0) is 4.79 Å².